The molecule has 0 radical (unpaired) electrons. The van der Waals surface area contributed by atoms with Gasteiger partial charge in [-0.05, 0) is 25.5 Å². The van der Waals surface area contributed by atoms with Crippen LogP contribution >= 0.6 is 0 Å². The second-order valence-corrected chi connectivity index (χ2v) is 3.59. The molecule has 2 N–H and O–H groups in total. The first-order valence-electron chi connectivity index (χ1n) is 4.75. The normalized spacial score (nSPS) is 13.9. The number of hydrogen-bond acceptors (Lipinski definition) is 2. The molecule has 0 aromatic heterocycles. The van der Waals surface area contributed by atoms with Crippen LogP contribution < -0.4 is 5.90 Å². The highest BCUT2D eigenvalue weighted by Gasteiger charge is 2.02. The summed E-state index contributed by atoms with van der Waals surface area (Å²) < 4.78 is 0. The predicted molar refractivity (Wildman–Crippen MR) is 58.6 cm³/mol. The van der Waals surface area contributed by atoms with E-state index in [0.717, 1.165) is 5.76 Å². The molecule has 0 spiro atoms. The maximum Gasteiger partial charge on any atom is 0.117 e. The highest BCUT2D eigenvalue weighted by Crippen LogP contribution is 2.18. The standard InChI is InChI=1S/C12H17NO/c1-9-4-6-12(7-5-9)10(2)8-11(3)14-13/h4-8,10H,13H2,1-3H3/b11-8-. The second-order valence-electron chi connectivity index (χ2n) is 3.59. The molecule has 1 aromatic carbocycles. The molecule has 0 amide bonds. The summed E-state index contributed by atoms with van der Waals surface area (Å²) in [5.74, 6) is 6.13. The molecule has 0 aliphatic carbocycles. The molecule has 0 heterocycles. The number of rotatable bonds is 3. The fraction of sp³-hybridized carbons (Fsp3) is 0.333. The molecule has 1 rings (SSSR count). The Bertz CT molecular complexity index is 314. The molecule has 1 unspecified atom stereocenters. The molecule has 0 saturated heterocycles. The molecule has 0 fully saturated rings. The van der Waals surface area contributed by atoms with Gasteiger partial charge in [0, 0.05) is 5.92 Å². The largest absolute Gasteiger partial charge is 0.417 e. The first kappa shape index (κ1) is 10.8. The van der Waals surface area contributed by atoms with Gasteiger partial charge < -0.3 is 4.84 Å². The summed E-state index contributed by atoms with van der Waals surface area (Å²) in [6.45, 7) is 6.05. The van der Waals surface area contributed by atoms with Gasteiger partial charge in [-0.2, -0.15) is 5.90 Å². The summed E-state index contributed by atoms with van der Waals surface area (Å²) in [5.41, 5.74) is 2.55. The number of allylic oxidation sites excluding steroid dienone is 2. The molecular weight excluding hydrogens is 174 g/mol. The lowest BCUT2D eigenvalue weighted by Crippen LogP contribution is -1.98. The van der Waals surface area contributed by atoms with Crippen LogP contribution in [-0.2, 0) is 4.84 Å². The molecule has 1 atom stereocenters. The highest BCUT2D eigenvalue weighted by atomic mass is 16.6. The van der Waals surface area contributed by atoms with Crippen LogP contribution in [0, 0.1) is 6.92 Å². The summed E-state index contributed by atoms with van der Waals surface area (Å²) in [6, 6.07) is 8.47. The van der Waals surface area contributed by atoms with Gasteiger partial charge >= 0.3 is 0 Å². The van der Waals surface area contributed by atoms with Crippen molar-refractivity contribution in [3.8, 4) is 0 Å². The van der Waals surface area contributed by atoms with Crippen molar-refractivity contribution < 1.29 is 4.84 Å². The average molecular weight is 191 g/mol. The van der Waals surface area contributed by atoms with E-state index in [9.17, 15) is 0 Å². The molecule has 1 aromatic rings. The van der Waals surface area contributed by atoms with Crippen LogP contribution in [0.4, 0.5) is 0 Å². The Morgan fingerprint density at radius 3 is 2.43 bits per heavy atom. The summed E-state index contributed by atoms with van der Waals surface area (Å²) in [5, 5.41) is 0. The Morgan fingerprint density at radius 2 is 1.93 bits per heavy atom. The summed E-state index contributed by atoms with van der Waals surface area (Å²) in [4.78, 5) is 4.63. The zero-order chi connectivity index (χ0) is 10.6. The van der Waals surface area contributed by atoms with Crippen LogP contribution in [-0.4, -0.2) is 0 Å². The van der Waals surface area contributed by atoms with Gasteiger partial charge in [0.2, 0.25) is 0 Å². The van der Waals surface area contributed by atoms with Crippen molar-refractivity contribution in [1.29, 1.82) is 0 Å². The summed E-state index contributed by atoms with van der Waals surface area (Å²) in [6.07, 6.45) is 2.00. The molecule has 0 saturated carbocycles. The molecule has 0 aliphatic heterocycles. The van der Waals surface area contributed by atoms with Crippen LogP contribution in [0.25, 0.3) is 0 Å². The second kappa shape index (κ2) is 4.82. The van der Waals surface area contributed by atoms with Gasteiger partial charge in [-0.1, -0.05) is 36.8 Å². The lowest BCUT2D eigenvalue weighted by atomic mass is 9.99. The Labute approximate surface area is 85.3 Å². The van der Waals surface area contributed by atoms with E-state index in [1.807, 2.05) is 13.0 Å². The van der Waals surface area contributed by atoms with E-state index in [-0.39, 0.29) is 0 Å². The lowest BCUT2D eigenvalue weighted by Gasteiger charge is -2.08. The molecule has 0 aliphatic rings. The Morgan fingerprint density at radius 1 is 1.36 bits per heavy atom. The zero-order valence-corrected chi connectivity index (χ0v) is 8.95. The summed E-state index contributed by atoms with van der Waals surface area (Å²) >= 11 is 0. The maximum absolute atomic E-state index is 5.05. The molecular formula is C12H17NO. The van der Waals surface area contributed by atoms with Crippen LogP contribution in [0.2, 0.25) is 0 Å². The maximum atomic E-state index is 5.05. The van der Waals surface area contributed by atoms with E-state index in [1.165, 1.54) is 11.1 Å². The van der Waals surface area contributed by atoms with Gasteiger partial charge in [-0.25, -0.2) is 0 Å². The van der Waals surface area contributed by atoms with Gasteiger partial charge in [-0.15, -0.1) is 0 Å². The first-order chi connectivity index (χ1) is 6.63. The van der Waals surface area contributed by atoms with Crippen molar-refractivity contribution >= 4 is 0 Å². The minimum absolute atomic E-state index is 0.333. The van der Waals surface area contributed by atoms with E-state index in [1.54, 1.807) is 0 Å². The Kier molecular flexibility index (Phi) is 3.72. The zero-order valence-electron chi connectivity index (χ0n) is 8.95. The van der Waals surface area contributed by atoms with E-state index in [4.69, 9.17) is 5.90 Å². The smallest absolute Gasteiger partial charge is 0.117 e. The predicted octanol–water partition coefficient (Wildman–Crippen LogP) is 2.89. The fourth-order valence-corrected chi connectivity index (χ4v) is 1.36. The van der Waals surface area contributed by atoms with Crippen molar-refractivity contribution in [2.24, 2.45) is 5.90 Å². The van der Waals surface area contributed by atoms with E-state index >= 15 is 0 Å². The lowest BCUT2D eigenvalue weighted by molar-refractivity contribution is 0.221. The van der Waals surface area contributed by atoms with E-state index < -0.39 is 0 Å². The third-order valence-corrected chi connectivity index (χ3v) is 2.27. The number of nitrogens with two attached hydrogens (primary N) is 1. The third kappa shape index (κ3) is 2.89. The van der Waals surface area contributed by atoms with Gasteiger partial charge in [0.15, 0.2) is 0 Å². The molecule has 76 valence electrons. The van der Waals surface area contributed by atoms with Crippen molar-refractivity contribution in [3.05, 3.63) is 47.2 Å². The molecule has 0 bridgehead atoms. The van der Waals surface area contributed by atoms with Crippen LogP contribution in [0.15, 0.2) is 36.1 Å². The van der Waals surface area contributed by atoms with Crippen LogP contribution in [0.5, 0.6) is 0 Å². The monoisotopic (exact) mass is 191 g/mol. The Balaban J connectivity index is 2.79. The molecule has 14 heavy (non-hydrogen) atoms. The third-order valence-electron chi connectivity index (χ3n) is 2.27. The van der Waals surface area contributed by atoms with Gasteiger partial charge in [-0.3, -0.25) is 0 Å². The van der Waals surface area contributed by atoms with Crippen molar-refractivity contribution in [2.75, 3.05) is 0 Å². The topological polar surface area (TPSA) is 35.2 Å². The average Bonchev–Trinajstić information content (AvgIpc) is 2.18. The van der Waals surface area contributed by atoms with Crippen molar-refractivity contribution in [3.63, 3.8) is 0 Å². The quantitative estimate of drug-likeness (QED) is 0.589. The first-order valence-corrected chi connectivity index (χ1v) is 4.75. The van der Waals surface area contributed by atoms with Crippen molar-refractivity contribution in [2.45, 2.75) is 26.7 Å². The SMILES string of the molecule is C/C(=C/C(C)c1ccc(C)cc1)ON. The van der Waals surface area contributed by atoms with Crippen molar-refractivity contribution in [1.82, 2.24) is 0 Å². The number of benzene rings is 1. The highest BCUT2D eigenvalue weighted by molar-refractivity contribution is 5.27. The Hall–Kier alpha value is -1.28. The van der Waals surface area contributed by atoms with E-state index in [0.29, 0.717) is 5.92 Å². The minimum Gasteiger partial charge on any atom is -0.417 e. The number of hydrogen-bond donors (Lipinski definition) is 1. The fourth-order valence-electron chi connectivity index (χ4n) is 1.36. The minimum atomic E-state index is 0.333. The summed E-state index contributed by atoms with van der Waals surface area (Å²) in [7, 11) is 0. The van der Waals surface area contributed by atoms with E-state index in [2.05, 4.69) is 43.0 Å². The van der Waals surface area contributed by atoms with Gasteiger partial charge in [0.1, 0.15) is 5.76 Å². The van der Waals surface area contributed by atoms with Gasteiger partial charge in [0.05, 0.1) is 0 Å². The number of aryl methyl sites for hydroxylation is 1. The van der Waals surface area contributed by atoms with Gasteiger partial charge in [0.25, 0.3) is 0 Å². The van der Waals surface area contributed by atoms with Crippen LogP contribution in [0.3, 0.4) is 0 Å². The molecule has 2 heteroatoms. The van der Waals surface area contributed by atoms with Crippen LogP contribution in [0.1, 0.15) is 30.9 Å². The molecule has 2 nitrogen and oxygen atoms in total.